The molecule has 0 unspecified atom stereocenters. The van der Waals surface area contributed by atoms with Gasteiger partial charge in [0, 0.05) is 31.1 Å². The Morgan fingerprint density at radius 2 is 2.00 bits per heavy atom. The molecule has 4 heterocycles. The number of amides is 1. The Morgan fingerprint density at radius 1 is 1.14 bits per heavy atom. The van der Waals surface area contributed by atoms with Gasteiger partial charge in [-0.15, -0.1) is 16.4 Å². The number of anilines is 1. The number of hydrogen-bond acceptors (Lipinski definition) is 8. The third kappa shape index (κ3) is 3.47. The summed E-state index contributed by atoms with van der Waals surface area (Å²) in [5, 5.41) is 14.3. The molecule has 1 aliphatic heterocycles. The van der Waals surface area contributed by atoms with Gasteiger partial charge < -0.3 is 9.80 Å². The number of halogens is 1. The number of hydrogen-bond donors (Lipinski definition) is 0. The van der Waals surface area contributed by atoms with Crippen LogP contribution in [0.2, 0.25) is 0 Å². The van der Waals surface area contributed by atoms with Crippen molar-refractivity contribution < 1.29 is 9.18 Å². The molecule has 0 saturated carbocycles. The normalized spacial score (nSPS) is 14.7. The van der Waals surface area contributed by atoms with E-state index in [2.05, 4.69) is 25.4 Å². The summed E-state index contributed by atoms with van der Waals surface area (Å²) in [5.74, 6) is -0.187. The highest BCUT2D eigenvalue weighted by atomic mass is 32.1. The molecule has 1 aromatic carbocycles. The van der Waals surface area contributed by atoms with Crippen molar-refractivity contribution in [1.29, 1.82) is 0 Å². The van der Waals surface area contributed by atoms with Crippen molar-refractivity contribution in [3.05, 3.63) is 52.2 Å². The molecule has 1 fully saturated rings. The quantitative estimate of drug-likeness (QED) is 0.496. The lowest BCUT2D eigenvalue weighted by Crippen LogP contribution is -2.49. The van der Waals surface area contributed by atoms with Gasteiger partial charge in [-0.3, -0.25) is 4.79 Å². The minimum Gasteiger partial charge on any atom is -0.345 e. The number of rotatable bonds is 4. The molecule has 1 aliphatic rings. The average Bonchev–Trinajstić information content (AvgIpc) is 3.49. The van der Waals surface area contributed by atoms with E-state index < -0.39 is 0 Å². The second kappa shape index (κ2) is 7.48. The molecular formula is C18H16FN7OS2. The highest BCUT2D eigenvalue weighted by molar-refractivity contribution is 7.22. The summed E-state index contributed by atoms with van der Waals surface area (Å²) in [5.41, 5.74) is 0.663. The highest BCUT2D eigenvalue weighted by Crippen LogP contribution is 2.31. The van der Waals surface area contributed by atoms with Gasteiger partial charge in [0.15, 0.2) is 5.13 Å². The van der Waals surface area contributed by atoms with E-state index in [0.29, 0.717) is 42.9 Å². The summed E-state index contributed by atoms with van der Waals surface area (Å²) in [6, 6.07) is 8.87. The number of nitrogens with zero attached hydrogens (tertiary/aromatic N) is 7. The first-order chi connectivity index (χ1) is 14.2. The van der Waals surface area contributed by atoms with Crippen molar-refractivity contribution in [2.24, 2.45) is 0 Å². The van der Waals surface area contributed by atoms with E-state index in [1.54, 1.807) is 22.3 Å². The SMILES string of the molecule is O=C(c1nnnn1Cc1cccs1)N1CCN(c2nc3cccc(F)c3s2)CC1. The Bertz CT molecular complexity index is 1150. The predicted octanol–water partition coefficient (Wildman–Crippen LogP) is 2.49. The maximum atomic E-state index is 13.9. The Morgan fingerprint density at radius 3 is 2.76 bits per heavy atom. The van der Waals surface area contributed by atoms with Gasteiger partial charge >= 0.3 is 0 Å². The number of carbonyl (C=O) groups excluding carboxylic acids is 1. The summed E-state index contributed by atoms with van der Waals surface area (Å²) in [4.78, 5) is 22.4. The topological polar surface area (TPSA) is 80.0 Å². The molecule has 0 radical (unpaired) electrons. The largest absolute Gasteiger partial charge is 0.345 e. The molecule has 0 aliphatic carbocycles. The van der Waals surface area contributed by atoms with E-state index in [1.165, 1.54) is 22.1 Å². The summed E-state index contributed by atoms with van der Waals surface area (Å²) in [6.07, 6.45) is 0. The van der Waals surface area contributed by atoms with Gasteiger partial charge in [0.25, 0.3) is 5.91 Å². The van der Waals surface area contributed by atoms with Gasteiger partial charge in [-0.25, -0.2) is 14.1 Å². The zero-order valence-corrected chi connectivity index (χ0v) is 16.9. The highest BCUT2D eigenvalue weighted by Gasteiger charge is 2.27. The smallest absolute Gasteiger partial charge is 0.293 e. The van der Waals surface area contributed by atoms with Crippen LogP contribution in [0.1, 0.15) is 15.5 Å². The van der Waals surface area contributed by atoms with E-state index >= 15 is 0 Å². The van der Waals surface area contributed by atoms with Crippen molar-refractivity contribution in [3.8, 4) is 0 Å². The number of benzene rings is 1. The molecule has 29 heavy (non-hydrogen) atoms. The van der Waals surface area contributed by atoms with E-state index in [0.717, 1.165) is 10.0 Å². The number of tetrazole rings is 1. The van der Waals surface area contributed by atoms with Crippen LogP contribution in [0.5, 0.6) is 0 Å². The monoisotopic (exact) mass is 429 g/mol. The maximum absolute atomic E-state index is 13.9. The lowest BCUT2D eigenvalue weighted by Gasteiger charge is -2.34. The third-order valence-electron chi connectivity index (χ3n) is 4.80. The zero-order valence-electron chi connectivity index (χ0n) is 15.2. The zero-order chi connectivity index (χ0) is 19.8. The van der Waals surface area contributed by atoms with Crippen molar-refractivity contribution in [2.75, 3.05) is 31.1 Å². The van der Waals surface area contributed by atoms with Crippen LogP contribution in [0.4, 0.5) is 9.52 Å². The van der Waals surface area contributed by atoms with E-state index in [1.807, 2.05) is 23.6 Å². The Labute approximate surface area is 173 Å². The van der Waals surface area contributed by atoms with Crippen LogP contribution < -0.4 is 4.90 Å². The minimum atomic E-state index is -0.252. The van der Waals surface area contributed by atoms with E-state index in [9.17, 15) is 9.18 Å². The van der Waals surface area contributed by atoms with E-state index in [4.69, 9.17) is 0 Å². The van der Waals surface area contributed by atoms with Crippen molar-refractivity contribution in [1.82, 2.24) is 30.1 Å². The number of thiazole rings is 1. The summed E-state index contributed by atoms with van der Waals surface area (Å²) in [7, 11) is 0. The molecule has 0 bridgehead atoms. The van der Waals surface area contributed by atoms with Gasteiger partial charge in [-0.1, -0.05) is 23.5 Å². The fourth-order valence-electron chi connectivity index (χ4n) is 3.30. The molecule has 3 aromatic heterocycles. The van der Waals surface area contributed by atoms with Crippen LogP contribution in [0.25, 0.3) is 10.2 Å². The number of piperazine rings is 1. The summed E-state index contributed by atoms with van der Waals surface area (Å²) < 4.78 is 16.0. The van der Waals surface area contributed by atoms with Gasteiger partial charge in [0.05, 0.1) is 16.8 Å². The molecular weight excluding hydrogens is 413 g/mol. The molecule has 148 valence electrons. The fourth-order valence-corrected chi connectivity index (χ4v) is 5.00. The Kier molecular flexibility index (Phi) is 4.68. The van der Waals surface area contributed by atoms with Gasteiger partial charge in [-0.05, 0) is 34.0 Å². The van der Waals surface area contributed by atoms with Gasteiger partial charge in [0.1, 0.15) is 5.82 Å². The standard InChI is InChI=1S/C18H16FN7OS2/c19-13-4-1-5-14-15(13)29-18(20-14)25-8-6-24(7-9-25)17(27)16-21-22-23-26(16)11-12-3-2-10-28-12/h1-5,10H,6-9,11H2. The van der Waals surface area contributed by atoms with Crippen LogP contribution in [0, 0.1) is 5.82 Å². The lowest BCUT2D eigenvalue weighted by atomic mass is 10.3. The van der Waals surface area contributed by atoms with Gasteiger partial charge in [0.2, 0.25) is 5.82 Å². The second-order valence-electron chi connectivity index (χ2n) is 6.60. The molecule has 0 atom stereocenters. The second-order valence-corrected chi connectivity index (χ2v) is 8.61. The number of carbonyl (C=O) groups is 1. The van der Waals surface area contributed by atoms with Crippen LogP contribution in [-0.4, -0.2) is 62.2 Å². The van der Waals surface area contributed by atoms with Crippen LogP contribution >= 0.6 is 22.7 Å². The molecule has 0 N–H and O–H groups in total. The Hall–Kier alpha value is -2.92. The lowest BCUT2D eigenvalue weighted by molar-refractivity contribution is 0.0728. The maximum Gasteiger partial charge on any atom is 0.293 e. The molecule has 4 aromatic rings. The summed E-state index contributed by atoms with van der Waals surface area (Å²) >= 11 is 2.94. The van der Waals surface area contributed by atoms with Crippen LogP contribution in [0.15, 0.2) is 35.7 Å². The Balaban J connectivity index is 1.27. The fraction of sp³-hybridized carbons (Fsp3) is 0.278. The minimum absolute atomic E-state index is 0.179. The van der Waals surface area contributed by atoms with Crippen molar-refractivity contribution >= 4 is 43.9 Å². The number of aromatic nitrogens is 5. The molecule has 11 heteroatoms. The van der Waals surface area contributed by atoms with Crippen LogP contribution in [0.3, 0.4) is 0 Å². The first-order valence-electron chi connectivity index (χ1n) is 9.07. The third-order valence-corrected chi connectivity index (χ3v) is 6.80. The molecule has 5 rings (SSSR count). The average molecular weight is 430 g/mol. The van der Waals surface area contributed by atoms with Crippen LogP contribution in [-0.2, 0) is 6.54 Å². The summed E-state index contributed by atoms with van der Waals surface area (Å²) in [6.45, 7) is 2.79. The molecule has 1 amide bonds. The van der Waals surface area contributed by atoms with Crippen molar-refractivity contribution in [2.45, 2.75) is 6.54 Å². The first kappa shape index (κ1) is 18.1. The van der Waals surface area contributed by atoms with Gasteiger partial charge in [-0.2, -0.15) is 0 Å². The number of thiophene rings is 1. The molecule has 0 spiro atoms. The first-order valence-corrected chi connectivity index (χ1v) is 10.8. The number of fused-ring (bicyclic) bond motifs is 1. The van der Waals surface area contributed by atoms with Crippen molar-refractivity contribution in [3.63, 3.8) is 0 Å². The molecule has 1 saturated heterocycles. The molecule has 8 nitrogen and oxygen atoms in total. The predicted molar refractivity (Wildman–Crippen MR) is 109 cm³/mol. The van der Waals surface area contributed by atoms with E-state index in [-0.39, 0.29) is 17.5 Å².